The number of nitrogens with zero attached hydrogens (tertiary/aromatic N) is 2. The van der Waals surface area contributed by atoms with E-state index in [1.165, 1.54) is 38.5 Å². The summed E-state index contributed by atoms with van der Waals surface area (Å²) in [7, 11) is 3.46. The van der Waals surface area contributed by atoms with E-state index in [2.05, 4.69) is 32.9 Å². The number of nitrogens with one attached hydrogen (secondary N) is 3. The molecule has 0 aliphatic carbocycles. The van der Waals surface area contributed by atoms with Gasteiger partial charge in [-0.1, -0.05) is 44.2 Å². The molecule has 1 atom stereocenters. The number of carbonyl (C=O) groups excluding carboxylic acids is 3. The Morgan fingerprint density at radius 2 is 1.23 bits per heavy atom. The van der Waals surface area contributed by atoms with Crippen molar-refractivity contribution in [1.82, 2.24) is 19.9 Å². The quantitative estimate of drug-likeness (QED) is 0.112. The van der Waals surface area contributed by atoms with Gasteiger partial charge in [-0.15, -0.1) is 0 Å². The number of H-pyrrole nitrogens is 3. The van der Waals surface area contributed by atoms with E-state index >= 15 is 13.2 Å². The van der Waals surface area contributed by atoms with Crippen molar-refractivity contribution in [2.75, 3.05) is 21.3 Å². The van der Waals surface area contributed by atoms with Crippen molar-refractivity contribution in [2.45, 2.75) is 91.8 Å². The molecule has 0 spiro atoms. The minimum absolute atomic E-state index is 0.0315. The number of ether oxygens (including phenoxy) is 3. The Bertz CT molecular complexity index is 2740. The molecule has 1 aliphatic heterocycles. The molecular weight excluding hydrogens is 776 g/mol. The van der Waals surface area contributed by atoms with Gasteiger partial charge in [0, 0.05) is 53.1 Å². The number of rotatable bonds is 11. The molecule has 11 nitrogen and oxygen atoms in total. The number of aromatic nitrogens is 4. The summed E-state index contributed by atoms with van der Waals surface area (Å²) in [6.45, 7) is 11.6. The third-order valence-corrected chi connectivity index (χ3v) is 11.7. The molecule has 4 aromatic heterocycles. The minimum Gasteiger partial charge on any atom is -0.469 e. The van der Waals surface area contributed by atoms with Crippen LogP contribution >= 0.6 is 0 Å². The summed E-state index contributed by atoms with van der Waals surface area (Å²) < 4.78 is 61.2. The zero-order valence-electron chi connectivity index (χ0n) is 35.3. The lowest BCUT2D eigenvalue weighted by atomic mass is 9.91. The average Bonchev–Trinajstić information content (AvgIpc) is 3.90. The number of hydrogen-bond donors (Lipinski definition) is 3. The molecule has 0 unspecified atom stereocenters. The van der Waals surface area contributed by atoms with Crippen LogP contribution in [0.5, 0.6) is 0 Å². The third-order valence-electron chi connectivity index (χ3n) is 11.7. The van der Waals surface area contributed by atoms with Crippen molar-refractivity contribution in [3.05, 3.63) is 104 Å². The molecule has 1 amide bonds. The molecule has 5 aromatic rings. The summed E-state index contributed by atoms with van der Waals surface area (Å²) in [6.07, 6.45) is -3.43. The second kappa shape index (κ2) is 17.3. The number of allylic oxidation sites excluding steroid dienone is 2. The Hall–Kier alpha value is -6.02. The molecule has 6 rings (SSSR count). The molecule has 60 heavy (non-hydrogen) atoms. The van der Waals surface area contributed by atoms with Crippen LogP contribution in [0.2, 0.25) is 0 Å². The Balaban J connectivity index is 1.87. The lowest BCUT2D eigenvalue weighted by molar-refractivity contribution is -0.264. The van der Waals surface area contributed by atoms with Gasteiger partial charge in [-0.25, -0.2) is 9.98 Å². The standard InChI is InChI=1S/C46H50F3N5O6/c1-10-29-24(3)33-22-36-30(11-2)26(5)41(52-36)43(54-44(57)45(60-9,46(47,48)49)28-15-13-12-14-16-28)42-27(6)32(18-20-40(56)59-8)38(53-42)23-37-31(17-19-39(55)58-7)25(4)34(51-37)21-35(29)50-33/h12-16,21-23,50-52H,10-11,17-20H2,1-9H3/t45-/m0/s1. The van der Waals surface area contributed by atoms with Gasteiger partial charge >= 0.3 is 18.1 Å². The molecule has 0 saturated heterocycles. The molecular formula is C46H50F3N5O6. The molecule has 5 heterocycles. The normalized spacial score (nSPS) is 13.8. The lowest BCUT2D eigenvalue weighted by Gasteiger charge is -2.31. The summed E-state index contributed by atoms with van der Waals surface area (Å²) in [5.74, 6) is -2.46. The maximum atomic E-state index is 15.4. The van der Waals surface area contributed by atoms with Crippen molar-refractivity contribution in [3.8, 4) is 0 Å². The van der Waals surface area contributed by atoms with Gasteiger partial charge in [-0.05, 0) is 116 Å². The zero-order chi connectivity index (χ0) is 43.7. The van der Waals surface area contributed by atoms with Crippen LogP contribution in [-0.4, -0.2) is 65.3 Å². The number of benzene rings is 1. The number of aryl methyl sites for hydroxylation is 6. The van der Waals surface area contributed by atoms with Gasteiger partial charge < -0.3 is 29.2 Å². The fraction of sp³-hybridized carbons (Fsp3) is 0.370. The van der Waals surface area contributed by atoms with Gasteiger partial charge in [0.1, 0.15) is 5.36 Å². The van der Waals surface area contributed by atoms with E-state index in [1.807, 2.05) is 33.8 Å². The smallest absolute Gasteiger partial charge is 0.431 e. The number of esters is 2. The van der Waals surface area contributed by atoms with Gasteiger partial charge in [0.15, 0.2) is 0 Å². The second-order valence-corrected chi connectivity index (χ2v) is 14.9. The molecule has 0 saturated carbocycles. The van der Waals surface area contributed by atoms with Crippen LogP contribution in [0.15, 0.2) is 53.5 Å². The molecule has 1 aromatic carbocycles. The number of amides is 1. The van der Waals surface area contributed by atoms with Crippen molar-refractivity contribution < 1.29 is 41.8 Å². The molecule has 1 aliphatic rings. The van der Waals surface area contributed by atoms with Crippen LogP contribution in [0.3, 0.4) is 0 Å². The first-order chi connectivity index (χ1) is 28.5. The van der Waals surface area contributed by atoms with Crippen molar-refractivity contribution in [3.63, 3.8) is 0 Å². The maximum absolute atomic E-state index is 15.4. The summed E-state index contributed by atoms with van der Waals surface area (Å²) in [4.78, 5) is 59.5. The number of hydrogen-bond acceptors (Lipinski definition) is 7. The predicted molar refractivity (Wildman–Crippen MR) is 225 cm³/mol. The highest BCUT2D eigenvalue weighted by molar-refractivity contribution is 5.95. The fourth-order valence-corrected chi connectivity index (χ4v) is 8.31. The molecule has 316 valence electrons. The minimum atomic E-state index is -5.22. The van der Waals surface area contributed by atoms with E-state index in [0.29, 0.717) is 51.8 Å². The predicted octanol–water partition coefficient (Wildman–Crippen LogP) is 9.10. The van der Waals surface area contributed by atoms with Crippen molar-refractivity contribution in [2.24, 2.45) is 4.99 Å². The first-order valence-corrected chi connectivity index (χ1v) is 19.8. The Kier molecular flexibility index (Phi) is 12.6. The zero-order valence-corrected chi connectivity index (χ0v) is 35.3. The molecule has 0 fully saturated rings. The van der Waals surface area contributed by atoms with E-state index in [4.69, 9.17) is 19.2 Å². The van der Waals surface area contributed by atoms with Crippen molar-refractivity contribution in [1.29, 1.82) is 0 Å². The topological polar surface area (TPSA) is 152 Å². The highest BCUT2D eigenvalue weighted by atomic mass is 19.4. The number of fused-ring (bicyclic) bond motifs is 8. The first-order valence-electron chi connectivity index (χ1n) is 19.8. The number of halogens is 3. The van der Waals surface area contributed by atoms with Crippen molar-refractivity contribution >= 4 is 62.1 Å². The largest absolute Gasteiger partial charge is 0.469 e. The average molecular weight is 826 g/mol. The third kappa shape index (κ3) is 7.76. The van der Waals surface area contributed by atoms with Gasteiger partial charge in [0.2, 0.25) is 0 Å². The molecule has 14 heteroatoms. The van der Waals surface area contributed by atoms with Crippen LogP contribution in [-0.2, 0) is 53.5 Å². The lowest BCUT2D eigenvalue weighted by Crippen LogP contribution is -2.50. The number of alkyl halides is 3. The van der Waals surface area contributed by atoms with E-state index in [-0.39, 0.29) is 36.3 Å². The van der Waals surface area contributed by atoms with E-state index in [9.17, 15) is 14.4 Å². The van der Waals surface area contributed by atoms with Gasteiger partial charge in [-0.2, -0.15) is 13.2 Å². The van der Waals surface area contributed by atoms with Crippen LogP contribution in [0, 0.1) is 20.8 Å². The molecule has 8 bridgehead atoms. The van der Waals surface area contributed by atoms with Gasteiger partial charge in [0.05, 0.1) is 31.1 Å². The van der Waals surface area contributed by atoms with E-state index in [0.717, 1.165) is 57.9 Å². The summed E-state index contributed by atoms with van der Waals surface area (Å²) in [6, 6.07) is 12.5. The SMILES string of the molecule is CCc1c(C)c2cc3[nH]c(c(C)c3CC)c(=NC(=O)[C@@](OC)(c3ccccc3)C(F)(F)F)c3nc(cc4[nH]c(cc1[nH]2)c(C)c4CCC(=O)OC)C(CCC(=O)OC)=C3C. The first kappa shape index (κ1) is 43.6. The molecule has 3 N–H and O–H groups in total. The fourth-order valence-electron chi connectivity index (χ4n) is 8.31. The summed E-state index contributed by atoms with van der Waals surface area (Å²) in [5.41, 5.74) is 7.17. The van der Waals surface area contributed by atoms with Gasteiger partial charge in [-0.3, -0.25) is 14.4 Å². The van der Waals surface area contributed by atoms with Crippen LogP contribution in [0.4, 0.5) is 13.2 Å². The summed E-state index contributed by atoms with van der Waals surface area (Å²) >= 11 is 0. The Labute approximate surface area is 345 Å². The maximum Gasteiger partial charge on any atom is 0.431 e. The van der Waals surface area contributed by atoms with Gasteiger partial charge in [0.25, 0.3) is 11.5 Å². The van der Waals surface area contributed by atoms with Crippen LogP contribution in [0.1, 0.15) is 90.4 Å². The van der Waals surface area contributed by atoms with Crippen LogP contribution in [0.25, 0.3) is 44.2 Å². The summed E-state index contributed by atoms with van der Waals surface area (Å²) in [5, 5.41) is -0.127. The second-order valence-electron chi connectivity index (χ2n) is 14.9. The number of aromatic amines is 3. The van der Waals surface area contributed by atoms with Crippen LogP contribution < -0.4 is 5.36 Å². The monoisotopic (exact) mass is 825 g/mol. The number of carbonyl (C=O) groups is 3. The van der Waals surface area contributed by atoms with E-state index < -0.39 is 29.2 Å². The highest BCUT2D eigenvalue weighted by Crippen LogP contribution is 2.43. The Morgan fingerprint density at radius 1 is 0.700 bits per heavy atom. The highest BCUT2D eigenvalue weighted by Gasteiger charge is 2.62. The number of methoxy groups -OCH3 is 3. The molecule has 0 radical (unpaired) electrons. The van der Waals surface area contributed by atoms with E-state index in [1.54, 1.807) is 19.1 Å². The Morgan fingerprint density at radius 3 is 1.78 bits per heavy atom.